The van der Waals surface area contributed by atoms with Crippen molar-refractivity contribution in [3.8, 4) is 11.3 Å². The normalized spacial score (nSPS) is 10.8. The van der Waals surface area contributed by atoms with Crippen LogP contribution < -0.4 is 0 Å². The third-order valence-corrected chi connectivity index (χ3v) is 3.12. The molecule has 0 bridgehead atoms. The Morgan fingerprint density at radius 3 is 2.74 bits per heavy atom. The molecule has 4 heteroatoms. The van der Waals surface area contributed by atoms with E-state index in [1.165, 1.54) is 0 Å². The predicted octanol–water partition coefficient (Wildman–Crippen LogP) is 2.94. The molecule has 19 heavy (non-hydrogen) atoms. The maximum atomic E-state index is 11.0. The van der Waals surface area contributed by atoms with Gasteiger partial charge in [0.05, 0.1) is 11.3 Å². The van der Waals surface area contributed by atoms with Crippen molar-refractivity contribution < 1.29 is 9.90 Å². The lowest BCUT2D eigenvalue weighted by Gasteiger charge is -2.05. The van der Waals surface area contributed by atoms with Gasteiger partial charge in [0, 0.05) is 18.8 Å². The Morgan fingerprint density at radius 2 is 2.05 bits per heavy atom. The van der Waals surface area contributed by atoms with E-state index >= 15 is 0 Å². The van der Waals surface area contributed by atoms with Gasteiger partial charge in [-0.3, -0.25) is 4.68 Å². The van der Waals surface area contributed by atoms with Crippen LogP contribution in [0.3, 0.4) is 0 Å². The van der Waals surface area contributed by atoms with Crippen molar-refractivity contribution >= 4 is 16.7 Å². The summed E-state index contributed by atoms with van der Waals surface area (Å²) in [5.41, 5.74) is 2.19. The van der Waals surface area contributed by atoms with Crippen LogP contribution >= 0.6 is 0 Å². The van der Waals surface area contributed by atoms with Gasteiger partial charge in [0.15, 0.2) is 0 Å². The number of hydrogen-bond acceptors (Lipinski definition) is 2. The van der Waals surface area contributed by atoms with Gasteiger partial charge in [-0.25, -0.2) is 4.79 Å². The molecule has 3 rings (SSSR count). The molecule has 0 aliphatic carbocycles. The summed E-state index contributed by atoms with van der Waals surface area (Å²) in [7, 11) is 1.87. The fraction of sp³-hybridized carbons (Fsp3) is 0.0667. The van der Waals surface area contributed by atoms with E-state index in [1.807, 2.05) is 43.6 Å². The topological polar surface area (TPSA) is 55.1 Å². The number of nitrogens with zero attached hydrogens (tertiary/aromatic N) is 2. The summed E-state index contributed by atoms with van der Waals surface area (Å²) in [6.07, 6.45) is 1.89. The lowest BCUT2D eigenvalue weighted by Crippen LogP contribution is -1.95. The van der Waals surface area contributed by atoms with Gasteiger partial charge in [-0.2, -0.15) is 5.10 Å². The SMILES string of the molecule is Cn1ccc(-c2cccc3cc(C(=O)O)ccc23)n1. The fourth-order valence-corrected chi connectivity index (χ4v) is 2.20. The summed E-state index contributed by atoms with van der Waals surface area (Å²) in [6, 6.07) is 12.9. The first kappa shape index (κ1) is 11.5. The molecule has 0 saturated heterocycles. The number of carboxylic acid groups (broad SMARTS) is 1. The van der Waals surface area contributed by atoms with Gasteiger partial charge in [0.2, 0.25) is 0 Å². The monoisotopic (exact) mass is 252 g/mol. The molecule has 3 aromatic rings. The van der Waals surface area contributed by atoms with Crippen LogP contribution in [0.2, 0.25) is 0 Å². The zero-order valence-electron chi connectivity index (χ0n) is 10.4. The van der Waals surface area contributed by atoms with Crippen LogP contribution in [-0.4, -0.2) is 20.9 Å². The highest BCUT2D eigenvalue weighted by Crippen LogP contribution is 2.28. The molecule has 0 radical (unpaired) electrons. The number of aromatic nitrogens is 2. The van der Waals surface area contributed by atoms with Crippen molar-refractivity contribution in [1.82, 2.24) is 9.78 Å². The molecule has 1 heterocycles. The molecule has 0 aliphatic rings. The molecule has 0 atom stereocenters. The van der Waals surface area contributed by atoms with Gasteiger partial charge in [0.25, 0.3) is 0 Å². The van der Waals surface area contributed by atoms with E-state index in [0.717, 1.165) is 22.0 Å². The van der Waals surface area contributed by atoms with Crippen LogP contribution in [0.15, 0.2) is 48.7 Å². The number of benzene rings is 2. The average Bonchev–Trinajstić information content (AvgIpc) is 2.84. The quantitative estimate of drug-likeness (QED) is 0.763. The first-order chi connectivity index (χ1) is 9.15. The molecule has 94 valence electrons. The number of carbonyl (C=O) groups is 1. The number of carboxylic acids is 1. The van der Waals surface area contributed by atoms with Crippen LogP contribution in [0, 0.1) is 0 Å². The third-order valence-electron chi connectivity index (χ3n) is 3.12. The second kappa shape index (κ2) is 4.24. The Kier molecular flexibility index (Phi) is 2.56. The molecule has 0 fully saturated rings. The van der Waals surface area contributed by atoms with Crippen molar-refractivity contribution in [3.63, 3.8) is 0 Å². The highest BCUT2D eigenvalue weighted by Gasteiger charge is 2.08. The molecule has 1 N–H and O–H groups in total. The molecule has 0 unspecified atom stereocenters. The molecule has 0 amide bonds. The Hall–Kier alpha value is -2.62. The summed E-state index contributed by atoms with van der Waals surface area (Å²) in [4.78, 5) is 11.0. The van der Waals surface area contributed by atoms with Crippen LogP contribution in [0.5, 0.6) is 0 Å². The van der Waals surface area contributed by atoms with Gasteiger partial charge in [0.1, 0.15) is 0 Å². The fourth-order valence-electron chi connectivity index (χ4n) is 2.20. The van der Waals surface area contributed by atoms with Crippen LogP contribution in [0.25, 0.3) is 22.0 Å². The lowest BCUT2D eigenvalue weighted by atomic mass is 10.0. The minimum absolute atomic E-state index is 0.297. The molecule has 0 saturated carbocycles. The molecule has 4 nitrogen and oxygen atoms in total. The van der Waals surface area contributed by atoms with E-state index in [1.54, 1.807) is 16.8 Å². The minimum Gasteiger partial charge on any atom is -0.478 e. The van der Waals surface area contributed by atoms with E-state index in [2.05, 4.69) is 5.10 Å². The molecule has 0 aliphatic heterocycles. The van der Waals surface area contributed by atoms with E-state index in [0.29, 0.717) is 5.56 Å². The summed E-state index contributed by atoms with van der Waals surface area (Å²) >= 11 is 0. The van der Waals surface area contributed by atoms with Gasteiger partial charge >= 0.3 is 5.97 Å². The zero-order valence-corrected chi connectivity index (χ0v) is 10.4. The van der Waals surface area contributed by atoms with E-state index in [4.69, 9.17) is 5.11 Å². The van der Waals surface area contributed by atoms with Crippen molar-refractivity contribution in [3.05, 3.63) is 54.2 Å². The molecule has 2 aromatic carbocycles. The summed E-state index contributed by atoms with van der Waals surface area (Å²) in [6.45, 7) is 0. The van der Waals surface area contributed by atoms with Gasteiger partial charge in [-0.15, -0.1) is 0 Å². The largest absolute Gasteiger partial charge is 0.478 e. The standard InChI is InChI=1S/C15H12N2O2/c1-17-8-7-14(16-17)13-4-2-3-10-9-11(15(18)19)5-6-12(10)13/h2-9H,1H3,(H,18,19). The summed E-state index contributed by atoms with van der Waals surface area (Å²) in [5.74, 6) is -0.912. The third kappa shape index (κ3) is 1.97. The van der Waals surface area contributed by atoms with E-state index in [9.17, 15) is 4.79 Å². The van der Waals surface area contributed by atoms with Gasteiger partial charge in [-0.05, 0) is 29.0 Å². The Morgan fingerprint density at radius 1 is 1.21 bits per heavy atom. The van der Waals surface area contributed by atoms with Crippen LogP contribution in [0.4, 0.5) is 0 Å². The van der Waals surface area contributed by atoms with Crippen molar-refractivity contribution in [2.75, 3.05) is 0 Å². The minimum atomic E-state index is -0.912. The number of hydrogen-bond donors (Lipinski definition) is 1. The second-order valence-electron chi connectivity index (χ2n) is 4.42. The first-order valence-electron chi connectivity index (χ1n) is 5.91. The van der Waals surface area contributed by atoms with Crippen molar-refractivity contribution in [2.45, 2.75) is 0 Å². The first-order valence-corrected chi connectivity index (χ1v) is 5.91. The Balaban J connectivity index is 2.24. The molecular formula is C15H12N2O2. The van der Waals surface area contributed by atoms with E-state index < -0.39 is 5.97 Å². The average molecular weight is 252 g/mol. The highest BCUT2D eigenvalue weighted by atomic mass is 16.4. The number of aryl methyl sites for hydroxylation is 1. The summed E-state index contributed by atoms with van der Waals surface area (Å²) < 4.78 is 1.75. The van der Waals surface area contributed by atoms with E-state index in [-0.39, 0.29) is 0 Å². The van der Waals surface area contributed by atoms with Crippen LogP contribution in [0.1, 0.15) is 10.4 Å². The number of rotatable bonds is 2. The molecule has 0 spiro atoms. The predicted molar refractivity (Wildman–Crippen MR) is 73.1 cm³/mol. The maximum Gasteiger partial charge on any atom is 0.335 e. The Labute approximate surface area is 109 Å². The molecule has 1 aromatic heterocycles. The van der Waals surface area contributed by atoms with Crippen LogP contribution in [-0.2, 0) is 7.05 Å². The smallest absolute Gasteiger partial charge is 0.335 e. The molecular weight excluding hydrogens is 240 g/mol. The highest BCUT2D eigenvalue weighted by molar-refractivity contribution is 6.00. The van der Waals surface area contributed by atoms with Crippen molar-refractivity contribution in [2.24, 2.45) is 7.05 Å². The Bertz CT molecular complexity index is 775. The van der Waals surface area contributed by atoms with Gasteiger partial charge in [-0.1, -0.05) is 24.3 Å². The maximum absolute atomic E-state index is 11.0. The lowest BCUT2D eigenvalue weighted by molar-refractivity contribution is 0.0697. The number of fused-ring (bicyclic) bond motifs is 1. The summed E-state index contributed by atoms with van der Waals surface area (Å²) in [5, 5.41) is 15.3. The van der Waals surface area contributed by atoms with Gasteiger partial charge < -0.3 is 5.11 Å². The number of aromatic carboxylic acids is 1. The zero-order chi connectivity index (χ0) is 13.4. The second-order valence-corrected chi connectivity index (χ2v) is 4.42. The van der Waals surface area contributed by atoms with Crippen molar-refractivity contribution in [1.29, 1.82) is 0 Å².